The number of anilines is 1. The first-order valence-electron chi connectivity index (χ1n) is 7.77. The Morgan fingerprint density at radius 2 is 1.74 bits per heavy atom. The molecule has 0 saturated carbocycles. The van der Waals surface area contributed by atoms with E-state index in [-0.39, 0.29) is 6.04 Å². The maximum Gasteiger partial charge on any atom is 0.171 e. The van der Waals surface area contributed by atoms with Crippen molar-refractivity contribution in [1.29, 1.82) is 0 Å². The van der Waals surface area contributed by atoms with Crippen molar-refractivity contribution in [3.05, 3.63) is 64.2 Å². The maximum absolute atomic E-state index is 6.17. The molecule has 0 saturated heterocycles. The van der Waals surface area contributed by atoms with E-state index in [0.717, 1.165) is 16.3 Å². The summed E-state index contributed by atoms with van der Waals surface area (Å²) in [5, 5.41) is 7.99. The van der Waals surface area contributed by atoms with E-state index in [4.69, 9.17) is 23.8 Å². The molecule has 0 spiro atoms. The number of nitrogens with one attached hydrogen (secondary N) is 2. The molecule has 1 atom stereocenters. The lowest BCUT2D eigenvalue weighted by Crippen LogP contribution is -2.35. The van der Waals surface area contributed by atoms with Crippen LogP contribution in [0.5, 0.6) is 0 Å². The molecule has 2 aromatic carbocycles. The first kappa shape index (κ1) is 17.8. The summed E-state index contributed by atoms with van der Waals surface area (Å²) >= 11 is 11.7. The van der Waals surface area contributed by atoms with Crippen molar-refractivity contribution in [2.75, 3.05) is 5.32 Å². The van der Waals surface area contributed by atoms with Gasteiger partial charge >= 0.3 is 0 Å². The molecule has 23 heavy (non-hydrogen) atoms. The Hall–Kier alpha value is -1.58. The maximum atomic E-state index is 6.17. The van der Waals surface area contributed by atoms with Crippen LogP contribution >= 0.6 is 23.8 Å². The van der Waals surface area contributed by atoms with E-state index in [1.54, 1.807) is 0 Å². The highest BCUT2D eigenvalue weighted by Crippen LogP contribution is 2.25. The SMILES string of the molecule is Cc1ccc(NC(=S)N[C@@H](c2ccccc2C)C(C)C)cc1Cl. The smallest absolute Gasteiger partial charge is 0.171 e. The van der Waals surface area contributed by atoms with Crippen LogP contribution in [0, 0.1) is 19.8 Å². The standard InChI is InChI=1S/C19H23ClN2S/c1-12(2)18(16-8-6-5-7-13(16)3)22-19(23)21-15-10-9-14(4)17(20)11-15/h5-12,18H,1-4H3,(H2,21,22,23)/t18-/m1/s1. The lowest BCUT2D eigenvalue weighted by molar-refractivity contribution is 0.471. The second kappa shape index (κ2) is 7.80. The molecule has 0 aliphatic heterocycles. The summed E-state index contributed by atoms with van der Waals surface area (Å²) in [5.74, 6) is 0.414. The van der Waals surface area contributed by atoms with E-state index in [2.05, 4.69) is 55.7 Å². The van der Waals surface area contributed by atoms with Crippen LogP contribution in [0.1, 0.15) is 36.6 Å². The van der Waals surface area contributed by atoms with Gasteiger partial charge in [-0.05, 0) is 60.8 Å². The van der Waals surface area contributed by atoms with Crippen molar-refractivity contribution in [1.82, 2.24) is 5.32 Å². The largest absolute Gasteiger partial charge is 0.355 e. The first-order chi connectivity index (χ1) is 10.9. The molecule has 0 radical (unpaired) electrons. The molecule has 0 heterocycles. The van der Waals surface area contributed by atoms with Gasteiger partial charge < -0.3 is 10.6 Å². The van der Waals surface area contributed by atoms with Crippen LogP contribution in [0.2, 0.25) is 5.02 Å². The monoisotopic (exact) mass is 346 g/mol. The Labute approximate surface area is 149 Å². The van der Waals surface area contributed by atoms with Crippen LogP contribution < -0.4 is 10.6 Å². The van der Waals surface area contributed by atoms with Gasteiger partial charge in [-0.15, -0.1) is 0 Å². The summed E-state index contributed by atoms with van der Waals surface area (Å²) in [7, 11) is 0. The Morgan fingerprint density at radius 3 is 2.35 bits per heavy atom. The Bertz CT molecular complexity index is 698. The highest BCUT2D eigenvalue weighted by atomic mass is 35.5. The fourth-order valence-corrected chi connectivity index (χ4v) is 2.94. The van der Waals surface area contributed by atoms with Gasteiger partial charge in [0.05, 0.1) is 6.04 Å². The molecule has 2 aromatic rings. The second-order valence-electron chi connectivity index (χ2n) is 6.14. The van der Waals surface area contributed by atoms with Crippen LogP contribution in [-0.2, 0) is 0 Å². The van der Waals surface area contributed by atoms with Gasteiger partial charge in [-0.3, -0.25) is 0 Å². The van der Waals surface area contributed by atoms with Crippen molar-refractivity contribution in [3.63, 3.8) is 0 Å². The summed E-state index contributed by atoms with van der Waals surface area (Å²) in [5.41, 5.74) is 4.48. The third-order valence-corrected chi connectivity index (χ3v) is 4.53. The molecule has 0 aromatic heterocycles. The third-order valence-electron chi connectivity index (χ3n) is 3.91. The van der Waals surface area contributed by atoms with Gasteiger partial charge in [0.15, 0.2) is 5.11 Å². The van der Waals surface area contributed by atoms with Crippen LogP contribution in [0.15, 0.2) is 42.5 Å². The van der Waals surface area contributed by atoms with Gasteiger partial charge in [-0.1, -0.05) is 55.8 Å². The first-order valence-corrected chi connectivity index (χ1v) is 8.56. The number of hydrogen-bond donors (Lipinski definition) is 2. The van der Waals surface area contributed by atoms with Crippen molar-refractivity contribution < 1.29 is 0 Å². The zero-order valence-electron chi connectivity index (χ0n) is 14.0. The van der Waals surface area contributed by atoms with E-state index < -0.39 is 0 Å². The fraction of sp³-hybridized carbons (Fsp3) is 0.316. The van der Waals surface area contributed by atoms with Crippen LogP contribution in [-0.4, -0.2) is 5.11 Å². The van der Waals surface area contributed by atoms with Gasteiger partial charge in [0, 0.05) is 10.7 Å². The van der Waals surface area contributed by atoms with E-state index in [1.165, 1.54) is 11.1 Å². The van der Waals surface area contributed by atoms with Crippen LogP contribution in [0.3, 0.4) is 0 Å². The molecule has 0 aliphatic rings. The van der Waals surface area contributed by atoms with E-state index in [1.807, 2.05) is 25.1 Å². The topological polar surface area (TPSA) is 24.1 Å². The summed E-state index contributed by atoms with van der Waals surface area (Å²) in [6.45, 7) is 8.49. The number of hydrogen-bond acceptors (Lipinski definition) is 1. The zero-order chi connectivity index (χ0) is 17.0. The minimum Gasteiger partial charge on any atom is -0.355 e. The minimum atomic E-state index is 0.164. The lowest BCUT2D eigenvalue weighted by Gasteiger charge is -2.26. The Balaban J connectivity index is 2.12. The molecule has 0 fully saturated rings. The van der Waals surface area contributed by atoms with Crippen molar-refractivity contribution in [2.45, 2.75) is 33.7 Å². The molecule has 0 amide bonds. The van der Waals surface area contributed by atoms with E-state index in [0.29, 0.717) is 11.0 Å². The molecule has 4 heteroatoms. The predicted molar refractivity (Wildman–Crippen MR) is 104 cm³/mol. The zero-order valence-corrected chi connectivity index (χ0v) is 15.6. The Morgan fingerprint density at radius 1 is 1.04 bits per heavy atom. The lowest BCUT2D eigenvalue weighted by atomic mass is 9.93. The fourth-order valence-electron chi connectivity index (χ4n) is 2.52. The average molecular weight is 347 g/mol. The van der Waals surface area contributed by atoms with Gasteiger partial charge in [0.1, 0.15) is 0 Å². The summed E-state index contributed by atoms with van der Waals surface area (Å²) in [6.07, 6.45) is 0. The highest BCUT2D eigenvalue weighted by Gasteiger charge is 2.18. The van der Waals surface area contributed by atoms with Gasteiger partial charge in [-0.2, -0.15) is 0 Å². The highest BCUT2D eigenvalue weighted by molar-refractivity contribution is 7.80. The number of halogens is 1. The van der Waals surface area contributed by atoms with Gasteiger partial charge in [-0.25, -0.2) is 0 Å². The Kier molecular flexibility index (Phi) is 6.03. The summed E-state index contributed by atoms with van der Waals surface area (Å²) in [6, 6.07) is 14.4. The van der Waals surface area contributed by atoms with Crippen molar-refractivity contribution >= 4 is 34.6 Å². The number of thiocarbonyl (C=S) groups is 1. The van der Waals surface area contributed by atoms with Crippen LogP contribution in [0.4, 0.5) is 5.69 Å². The molecule has 2 nitrogen and oxygen atoms in total. The second-order valence-corrected chi connectivity index (χ2v) is 6.96. The number of rotatable bonds is 4. The average Bonchev–Trinajstić information content (AvgIpc) is 2.49. The molecule has 2 rings (SSSR count). The minimum absolute atomic E-state index is 0.164. The normalized spacial score (nSPS) is 12.1. The third kappa shape index (κ3) is 4.69. The predicted octanol–water partition coefficient (Wildman–Crippen LogP) is 5.64. The molecule has 0 unspecified atom stereocenters. The molecule has 0 aliphatic carbocycles. The van der Waals surface area contributed by atoms with Crippen molar-refractivity contribution in [3.8, 4) is 0 Å². The van der Waals surface area contributed by atoms with E-state index in [9.17, 15) is 0 Å². The molecular weight excluding hydrogens is 324 g/mol. The molecular formula is C19H23ClN2S. The number of aryl methyl sites for hydroxylation is 2. The van der Waals surface area contributed by atoms with Gasteiger partial charge in [0.25, 0.3) is 0 Å². The van der Waals surface area contributed by atoms with Gasteiger partial charge in [0.2, 0.25) is 0 Å². The van der Waals surface area contributed by atoms with E-state index >= 15 is 0 Å². The number of benzene rings is 2. The quantitative estimate of drug-likeness (QED) is 0.700. The molecule has 2 N–H and O–H groups in total. The summed E-state index contributed by atoms with van der Waals surface area (Å²) < 4.78 is 0. The molecule has 122 valence electrons. The molecule has 0 bridgehead atoms. The van der Waals surface area contributed by atoms with Crippen LogP contribution in [0.25, 0.3) is 0 Å². The summed E-state index contributed by atoms with van der Waals surface area (Å²) in [4.78, 5) is 0. The van der Waals surface area contributed by atoms with Crippen molar-refractivity contribution in [2.24, 2.45) is 5.92 Å².